The summed E-state index contributed by atoms with van der Waals surface area (Å²) in [6, 6.07) is 19.2. The van der Waals surface area contributed by atoms with Gasteiger partial charge in [0.1, 0.15) is 11.5 Å². The van der Waals surface area contributed by atoms with Gasteiger partial charge in [0.25, 0.3) is 11.8 Å². The summed E-state index contributed by atoms with van der Waals surface area (Å²) < 4.78 is 24.4. The number of ether oxygens (including phenoxy) is 2. The standard InChI is InChI=1S/C27H21FN2O4/c28-21-8-6-19(7-9-21)24-25(29-12-11-18-3-1-2-4-20(18)15-29)27(32)30(26(24)31)14-17-5-10-22-23(13-17)34-16-33-22/h1-10,13H,11-12,14-16H2. The van der Waals surface area contributed by atoms with Crippen LogP contribution in [0.2, 0.25) is 0 Å². The van der Waals surface area contributed by atoms with Crippen molar-refractivity contribution in [1.82, 2.24) is 9.80 Å². The molecule has 0 N–H and O–H groups in total. The molecule has 6 nitrogen and oxygen atoms in total. The Morgan fingerprint density at radius 2 is 1.62 bits per heavy atom. The van der Waals surface area contributed by atoms with E-state index in [-0.39, 0.29) is 25.2 Å². The van der Waals surface area contributed by atoms with Crippen LogP contribution in [-0.4, -0.2) is 35.0 Å². The summed E-state index contributed by atoms with van der Waals surface area (Å²) in [7, 11) is 0. The Morgan fingerprint density at radius 3 is 2.44 bits per heavy atom. The third kappa shape index (κ3) is 3.41. The number of hydrogen-bond donors (Lipinski definition) is 0. The lowest BCUT2D eigenvalue weighted by Crippen LogP contribution is -2.37. The molecule has 170 valence electrons. The molecule has 0 bridgehead atoms. The van der Waals surface area contributed by atoms with Crippen LogP contribution in [0.1, 0.15) is 22.3 Å². The van der Waals surface area contributed by atoms with Crippen LogP contribution in [0.15, 0.2) is 72.4 Å². The Morgan fingerprint density at radius 1 is 0.853 bits per heavy atom. The average molecular weight is 456 g/mol. The van der Waals surface area contributed by atoms with Gasteiger partial charge in [0, 0.05) is 13.1 Å². The van der Waals surface area contributed by atoms with E-state index in [2.05, 4.69) is 6.07 Å². The highest BCUT2D eigenvalue weighted by Crippen LogP contribution is 2.37. The van der Waals surface area contributed by atoms with E-state index in [0.717, 1.165) is 17.5 Å². The van der Waals surface area contributed by atoms with E-state index in [1.165, 1.54) is 22.6 Å². The summed E-state index contributed by atoms with van der Waals surface area (Å²) in [6.45, 7) is 1.41. The van der Waals surface area contributed by atoms with Gasteiger partial charge in [-0.3, -0.25) is 14.5 Å². The number of benzene rings is 3. The first-order valence-electron chi connectivity index (χ1n) is 11.1. The third-order valence-corrected chi connectivity index (χ3v) is 6.50. The molecule has 0 saturated carbocycles. The number of amides is 2. The number of carbonyl (C=O) groups is 2. The topological polar surface area (TPSA) is 59.1 Å². The van der Waals surface area contributed by atoms with Crippen LogP contribution in [0.25, 0.3) is 5.57 Å². The highest BCUT2D eigenvalue weighted by atomic mass is 19.1. The van der Waals surface area contributed by atoms with Crippen molar-refractivity contribution in [1.29, 1.82) is 0 Å². The van der Waals surface area contributed by atoms with Crippen molar-refractivity contribution in [3.8, 4) is 11.5 Å². The lowest BCUT2D eigenvalue weighted by molar-refractivity contribution is -0.138. The molecule has 0 aliphatic carbocycles. The van der Waals surface area contributed by atoms with E-state index >= 15 is 0 Å². The van der Waals surface area contributed by atoms with Crippen molar-refractivity contribution in [3.05, 3.63) is 100 Å². The van der Waals surface area contributed by atoms with Gasteiger partial charge in [0.05, 0.1) is 12.1 Å². The molecule has 0 atom stereocenters. The summed E-state index contributed by atoms with van der Waals surface area (Å²) in [4.78, 5) is 30.5. The van der Waals surface area contributed by atoms with Gasteiger partial charge in [-0.25, -0.2) is 4.39 Å². The zero-order valence-electron chi connectivity index (χ0n) is 18.3. The molecule has 7 heteroatoms. The zero-order valence-corrected chi connectivity index (χ0v) is 18.3. The van der Waals surface area contributed by atoms with Crippen LogP contribution in [0.3, 0.4) is 0 Å². The first-order chi connectivity index (χ1) is 16.6. The molecule has 3 aromatic carbocycles. The number of fused-ring (bicyclic) bond motifs is 2. The van der Waals surface area contributed by atoms with Crippen LogP contribution < -0.4 is 9.47 Å². The Bertz CT molecular complexity index is 1350. The van der Waals surface area contributed by atoms with E-state index in [1.807, 2.05) is 29.2 Å². The molecular weight excluding hydrogens is 435 g/mol. The maximum Gasteiger partial charge on any atom is 0.278 e. The quantitative estimate of drug-likeness (QED) is 0.558. The molecule has 6 rings (SSSR count). The predicted octanol–water partition coefficient (Wildman–Crippen LogP) is 3.89. The number of imide groups is 1. The van der Waals surface area contributed by atoms with E-state index in [4.69, 9.17) is 9.47 Å². The van der Waals surface area contributed by atoms with Gasteiger partial charge >= 0.3 is 0 Å². The number of carbonyl (C=O) groups excluding carboxylic acids is 2. The summed E-state index contributed by atoms with van der Waals surface area (Å²) >= 11 is 0. The molecule has 3 heterocycles. The third-order valence-electron chi connectivity index (χ3n) is 6.50. The number of hydrogen-bond acceptors (Lipinski definition) is 5. The van der Waals surface area contributed by atoms with Crippen LogP contribution in [0, 0.1) is 5.82 Å². The molecule has 3 aromatic rings. The molecule has 0 saturated heterocycles. The molecule has 3 aliphatic rings. The van der Waals surface area contributed by atoms with E-state index < -0.39 is 5.82 Å². The molecule has 0 spiro atoms. The smallest absolute Gasteiger partial charge is 0.278 e. The van der Waals surface area contributed by atoms with Gasteiger partial charge in [0.2, 0.25) is 6.79 Å². The number of nitrogens with zero attached hydrogens (tertiary/aromatic N) is 2. The predicted molar refractivity (Wildman–Crippen MR) is 122 cm³/mol. The highest BCUT2D eigenvalue weighted by molar-refractivity contribution is 6.35. The van der Waals surface area contributed by atoms with E-state index in [9.17, 15) is 14.0 Å². The van der Waals surface area contributed by atoms with Gasteiger partial charge in [-0.1, -0.05) is 42.5 Å². The second-order valence-electron chi connectivity index (χ2n) is 8.55. The zero-order chi connectivity index (χ0) is 23.2. The van der Waals surface area contributed by atoms with E-state index in [1.54, 1.807) is 24.3 Å². The minimum Gasteiger partial charge on any atom is -0.454 e. The second-order valence-corrected chi connectivity index (χ2v) is 8.55. The van der Waals surface area contributed by atoms with Gasteiger partial charge in [-0.15, -0.1) is 0 Å². The molecular formula is C27H21FN2O4. The van der Waals surface area contributed by atoms with Crippen molar-refractivity contribution in [3.63, 3.8) is 0 Å². The Labute approximate surface area is 195 Å². The molecule has 0 aromatic heterocycles. The number of halogens is 1. The lowest BCUT2D eigenvalue weighted by atomic mass is 9.98. The van der Waals surface area contributed by atoms with Gasteiger partial charge in [-0.05, 0) is 52.9 Å². The summed E-state index contributed by atoms with van der Waals surface area (Å²) in [6.07, 6.45) is 0.778. The van der Waals surface area contributed by atoms with Crippen molar-refractivity contribution in [2.45, 2.75) is 19.5 Å². The molecule has 0 radical (unpaired) electrons. The van der Waals surface area contributed by atoms with Crippen molar-refractivity contribution < 1.29 is 23.5 Å². The first-order valence-corrected chi connectivity index (χ1v) is 11.1. The fraction of sp³-hybridized carbons (Fsp3) is 0.185. The second kappa shape index (κ2) is 8.02. The SMILES string of the molecule is O=C1C(c2ccc(F)cc2)=C(N2CCc3ccccc3C2)C(=O)N1Cc1ccc2c(c1)OCO2. The highest BCUT2D eigenvalue weighted by Gasteiger charge is 2.42. The van der Waals surface area contributed by atoms with Crippen molar-refractivity contribution in [2.75, 3.05) is 13.3 Å². The van der Waals surface area contributed by atoms with Gasteiger partial charge in [0.15, 0.2) is 11.5 Å². The molecule has 2 amide bonds. The van der Waals surface area contributed by atoms with Crippen LogP contribution >= 0.6 is 0 Å². The fourth-order valence-corrected chi connectivity index (χ4v) is 4.79. The summed E-state index contributed by atoms with van der Waals surface area (Å²) in [5, 5.41) is 0. The molecule has 34 heavy (non-hydrogen) atoms. The minimum atomic E-state index is -0.396. The maximum absolute atomic E-state index is 13.7. The van der Waals surface area contributed by atoms with Crippen molar-refractivity contribution in [2.24, 2.45) is 0 Å². The summed E-state index contributed by atoms with van der Waals surface area (Å²) in [5.41, 5.74) is 4.35. The maximum atomic E-state index is 13.7. The number of rotatable bonds is 4. The molecule has 3 aliphatic heterocycles. The lowest BCUT2D eigenvalue weighted by Gasteiger charge is -2.31. The van der Waals surface area contributed by atoms with Crippen LogP contribution in [0.5, 0.6) is 11.5 Å². The first kappa shape index (κ1) is 20.5. The summed E-state index contributed by atoms with van der Waals surface area (Å²) in [5.74, 6) is 0.105. The molecule has 0 fully saturated rings. The van der Waals surface area contributed by atoms with Crippen LogP contribution in [-0.2, 0) is 29.1 Å². The molecule has 0 unspecified atom stereocenters. The largest absolute Gasteiger partial charge is 0.454 e. The fourth-order valence-electron chi connectivity index (χ4n) is 4.79. The van der Waals surface area contributed by atoms with Gasteiger partial charge < -0.3 is 14.4 Å². The Hall–Kier alpha value is -4.13. The monoisotopic (exact) mass is 456 g/mol. The van der Waals surface area contributed by atoms with Gasteiger partial charge in [-0.2, -0.15) is 0 Å². The minimum absolute atomic E-state index is 0.104. The van der Waals surface area contributed by atoms with Crippen LogP contribution in [0.4, 0.5) is 4.39 Å². The normalized spacial score (nSPS) is 17.0. The Kier molecular flexibility index (Phi) is 4.83. The van der Waals surface area contributed by atoms with E-state index in [0.29, 0.717) is 41.4 Å². The Balaban J connectivity index is 1.38. The average Bonchev–Trinajstić information content (AvgIpc) is 3.42. The van der Waals surface area contributed by atoms with Crippen molar-refractivity contribution >= 4 is 17.4 Å².